The highest BCUT2D eigenvalue weighted by Gasteiger charge is 2.24. The fraction of sp³-hybridized carbons (Fsp3) is 0.435. The van der Waals surface area contributed by atoms with E-state index in [2.05, 4.69) is 16.8 Å². The lowest BCUT2D eigenvalue weighted by Crippen LogP contribution is -2.45. The highest BCUT2D eigenvalue weighted by molar-refractivity contribution is 5.72. The van der Waals surface area contributed by atoms with E-state index in [-0.39, 0.29) is 0 Å². The van der Waals surface area contributed by atoms with E-state index >= 15 is 0 Å². The quantitative estimate of drug-likeness (QED) is 0.642. The Morgan fingerprint density at radius 2 is 1.97 bits per heavy atom. The molecule has 3 heterocycles. The number of anilines is 1. The Kier molecular flexibility index (Phi) is 5.77. The van der Waals surface area contributed by atoms with Crippen molar-refractivity contribution < 1.29 is 19.2 Å². The van der Waals surface area contributed by atoms with Crippen LogP contribution in [0.5, 0.6) is 17.2 Å². The maximum absolute atomic E-state index is 6.59. The summed E-state index contributed by atoms with van der Waals surface area (Å²) in [6.45, 7) is 6.59. The molecule has 0 spiro atoms. The molecule has 1 fully saturated rings. The Labute approximate surface area is 187 Å². The number of nitrogens with zero attached hydrogens (tertiary/aromatic N) is 4. The van der Waals surface area contributed by atoms with Gasteiger partial charge in [-0.25, -0.2) is 0 Å². The van der Waals surface area contributed by atoms with E-state index in [1.165, 1.54) is 0 Å². The summed E-state index contributed by atoms with van der Waals surface area (Å²) in [6, 6.07) is 9.62. The van der Waals surface area contributed by atoms with Gasteiger partial charge in [-0.1, -0.05) is 6.07 Å². The van der Waals surface area contributed by atoms with Crippen molar-refractivity contribution >= 4 is 11.5 Å². The number of rotatable bonds is 6. The topological polar surface area (TPSA) is 85.0 Å². The standard InChI is InChI=1S/C23H29N5O4/c1-26-6-8-27(9-7-26)10-11-30-22-13-18-16(12-21(22)29-2)23(24)28(15-25-18)19-4-3-5-20-17(19)14-31-32-20/h3-5,12-13H,6-11,14-15,24H2,1-2H3. The summed E-state index contributed by atoms with van der Waals surface area (Å²) in [5.74, 6) is 2.65. The Morgan fingerprint density at radius 3 is 2.78 bits per heavy atom. The van der Waals surface area contributed by atoms with E-state index in [1.54, 1.807) is 7.11 Å². The number of hydrogen-bond donors (Lipinski definition) is 1. The van der Waals surface area contributed by atoms with Crippen LogP contribution in [0, 0.1) is 0 Å². The number of fused-ring (bicyclic) bond motifs is 2. The lowest BCUT2D eigenvalue weighted by Gasteiger charge is -2.32. The van der Waals surface area contributed by atoms with Crippen molar-refractivity contribution in [2.24, 2.45) is 10.7 Å². The lowest BCUT2D eigenvalue weighted by atomic mass is 10.1. The van der Waals surface area contributed by atoms with Crippen molar-refractivity contribution in [2.75, 3.05) is 65.1 Å². The predicted molar refractivity (Wildman–Crippen MR) is 120 cm³/mol. The first-order valence-electron chi connectivity index (χ1n) is 10.9. The number of piperazine rings is 1. The van der Waals surface area contributed by atoms with Gasteiger partial charge < -0.3 is 29.9 Å². The second kappa shape index (κ2) is 8.85. The first-order valence-corrected chi connectivity index (χ1v) is 10.9. The molecule has 3 aliphatic heterocycles. The minimum Gasteiger partial charge on any atom is -0.493 e. The van der Waals surface area contributed by atoms with Gasteiger partial charge >= 0.3 is 0 Å². The second-order valence-electron chi connectivity index (χ2n) is 8.23. The van der Waals surface area contributed by atoms with Crippen LogP contribution in [0.1, 0.15) is 5.56 Å². The van der Waals surface area contributed by atoms with Gasteiger partial charge in [0.25, 0.3) is 0 Å². The zero-order valence-electron chi connectivity index (χ0n) is 18.5. The maximum atomic E-state index is 6.59. The van der Waals surface area contributed by atoms with Crippen molar-refractivity contribution in [3.63, 3.8) is 0 Å². The van der Waals surface area contributed by atoms with Crippen molar-refractivity contribution in [1.29, 1.82) is 0 Å². The van der Waals surface area contributed by atoms with Gasteiger partial charge in [0.15, 0.2) is 17.2 Å². The molecule has 0 atom stereocenters. The van der Waals surface area contributed by atoms with E-state index < -0.39 is 0 Å². The Hall–Kier alpha value is -3.01. The van der Waals surface area contributed by atoms with Crippen LogP contribution in [0.2, 0.25) is 0 Å². The molecule has 2 N–H and O–H groups in total. The highest BCUT2D eigenvalue weighted by atomic mass is 17.2. The van der Waals surface area contributed by atoms with Crippen molar-refractivity contribution in [3.05, 3.63) is 46.5 Å². The zero-order valence-corrected chi connectivity index (χ0v) is 18.5. The molecule has 170 valence electrons. The van der Waals surface area contributed by atoms with Gasteiger partial charge in [-0.05, 0) is 25.2 Å². The van der Waals surface area contributed by atoms with Crippen LogP contribution in [-0.2, 0) is 11.5 Å². The molecule has 3 aliphatic rings. The number of methoxy groups -OCH3 is 1. The van der Waals surface area contributed by atoms with E-state index in [1.807, 2.05) is 35.2 Å². The first kappa shape index (κ1) is 20.9. The average Bonchev–Trinajstić information content (AvgIpc) is 3.30. The molecule has 1 saturated heterocycles. The Morgan fingerprint density at radius 1 is 1.12 bits per heavy atom. The molecular formula is C23H29N5O4. The Bertz CT molecular complexity index is 1110. The van der Waals surface area contributed by atoms with Crippen molar-refractivity contribution in [2.45, 2.75) is 6.61 Å². The number of nitrogens with two attached hydrogens (primary N) is 1. The van der Waals surface area contributed by atoms with E-state index in [0.29, 0.717) is 43.0 Å². The zero-order chi connectivity index (χ0) is 22.1. The molecule has 0 bridgehead atoms. The van der Waals surface area contributed by atoms with E-state index in [0.717, 1.165) is 54.6 Å². The second-order valence-corrected chi connectivity index (χ2v) is 8.23. The SMILES string of the molecule is COc1cc2c(cc1OCCN1CCN(C)CC1)=NCN(c1cccc3c1COO3)C=2N. The van der Waals surface area contributed by atoms with Crippen LogP contribution in [0.15, 0.2) is 35.3 Å². The Balaban J connectivity index is 1.38. The van der Waals surface area contributed by atoms with Gasteiger partial charge in [0, 0.05) is 44.0 Å². The van der Waals surface area contributed by atoms with Crippen LogP contribution in [-0.4, -0.2) is 70.0 Å². The van der Waals surface area contributed by atoms with Crippen LogP contribution >= 0.6 is 0 Å². The summed E-state index contributed by atoms with van der Waals surface area (Å²) < 4.78 is 11.7. The molecule has 5 rings (SSSR count). The van der Waals surface area contributed by atoms with Crippen LogP contribution < -0.4 is 35.6 Å². The molecule has 0 aliphatic carbocycles. The molecule has 0 saturated carbocycles. The van der Waals surface area contributed by atoms with Crippen LogP contribution in [0.3, 0.4) is 0 Å². The largest absolute Gasteiger partial charge is 0.493 e. The molecule has 2 aromatic carbocycles. The van der Waals surface area contributed by atoms with Crippen molar-refractivity contribution in [1.82, 2.24) is 9.80 Å². The fourth-order valence-corrected chi connectivity index (χ4v) is 4.27. The number of ether oxygens (including phenoxy) is 2. The van der Waals surface area contributed by atoms with Gasteiger partial charge in [0.2, 0.25) is 0 Å². The summed E-state index contributed by atoms with van der Waals surface area (Å²) in [6.07, 6.45) is 0. The fourth-order valence-electron chi connectivity index (χ4n) is 4.27. The predicted octanol–water partition coefficient (Wildman–Crippen LogP) is 0.267. The van der Waals surface area contributed by atoms with Gasteiger partial charge in [-0.2, -0.15) is 4.89 Å². The van der Waals surface area contributed by atoms with E-state index in [9.17, 15) is 0 Å². The molecule has 0 aromatic heterocycles. The van der Waals surface area contributed by atoms with E-state index in [4.69, 9.17) is 30.0 Å². The summed E-state index contributed by atoms with van der Waals surface area (Å²) in [7, 11) is 3.80. The normalized spacial score (nSPS) is 18.6. The molecule has 2 aromatic rings. The first-order chi connectivity index (χ1) is 15.6. The molecular weight excluding hydrogens is 410 g/mol. The number of hydrogen-bond acceptors (Lipinski definition) is 9. The monoisotopic (exact) mass is 439 g/mol. The molecule has 9 heteroatoms. The summed E-state index contributed by atoms with van der Waals surface area (Å²) in [5.41, 5.74) is 8.49. The number of likely N-dealkylation sites (N-methyl/N-ethyl adjacent to an activating group) is 1. The third-order valence-electron chi connectivity index (χ3n) is 6.24. The van der Waals surface area contributed by atoms with Gasteiger partial charge in [-0.3, -0.25) is 9.89 Å². The summed E-state index contributed by atoms with van der Waals surface area (Å²) in [5, 5.41) is 1.62. The average molecular weight is 440 g/mol. The van der Waals surface area contributed by atoms with Gasteiger partial charge in [0.05, 0.1) is 23.7 Å². The third-order valence-corrected chi connectivity index (χ3v) is 6.24. The number of benzene rings is 2. The van der Waals surface area contributed by atoms with Crippen LogP contribution in [0.25, 0.3) is 5.82 Å². The summed E-state index contributed by atoms with van der Waals surface area (Å²) in [4.78, 5) is 21.9. The van der Waals surface area contributed by atoms with Gasteiger partial charge in [0.1, 0.15) is 25.7 Å². The minimum absolute atomic E-state index is 0.381. The molecule has 32 heavy (non-hydrogen) atoms. The molecule has 9 nitrogen and oxygen atoms in total. The van der Waals surface area contributed by atoms with Gasteiger partial charge in [-0.15, -0.1) is 0 Å². The highest BCUT2D eigenvalue weighted by Crippen LogP contribution is 2.35. The minimum atomic E-state index is 0.381. The summed E-state index contributed by atoms with van der Waals surface area (Å²) >= 11 is 0. The molecule has 0 unspecified atom stereocenters. The molecule has 0 amide bonds. The third kappa shape index (κ3) is 3.94. The lowest BCUT2D eigenvalue weighted by molar-refractivity contribution is -0.194. The smallest absolute Gasteiger partial charge is 0.173 e. The molecule has 0 radical (unpaired) electrons. The van der Waals surface area contributed by atoms with Crippen molar-refractivity contribution in [3.8, 4) is 17.2 Å². The van der Waals surface area contributed by atoms with Crippen LogP contribution in [0.4, 0.5) is 5.69 Å². The maximum Gasteiger partial charge on any atom is 0.173 e.